The van der Waals surface area contributed by atoms with Crippen LogP contribution in [0.4, 0.5) is 5.82 Å². The Hall–Kier alpha value is -1.92. The third-order valence-electron chi connectivity index (χ3n) is 3.43. The van der Waals surface area contributed by atoms with Crippen molar-refractivity contribution in [1.82, 2.24) is 29.8 Å². The number of aromatic nitrogens is 6. The van der Waals surface area contributed by atoms with Crippen LogP contribution < -0.4 is 5.73 Å². The molecule has 0 saturated heterocycles. The molecule has 3 rings (SSSR count). The average molecular weight is 247 g/mol. The van der Waals surface area contributed by atoms with Crippen molar-refractivity contribution < 1.29 is 0 Å². The fraction of sp³-hybridized carbons (Fsp3) is 0.636. The monoisotopic (exact) mass is 247 g/mol. The van der Waals surface area contributed by atoms with Crippen LogP contribution in [-0.2, 0) is 25.9 Å². The minimum absolute atomic E-state index is 0.510. The Morgan fingerprint density at radius 1 is 1.22 bits per heavy atom. The normalized spacial score (nSPS) is 14.7. The highest BCUT2D eigenvalue weighted by atomic mass is 15.5. The van der Waals surface area contributed by atoms with Gasteiger partial charge in [0.2, 0.25) is 0 Å². The number of aryl methyl sites for hydroxylation is 1. The topological polar surface area (TPSA) is 87.4 Å². The molecule has 0 aromatic carbocycles. The largest absolute Gasteiger partial charge is 0.381 e. The lowest BCUT2D eigenvalue weighted by molar-refractivity contribution is 0.490. The zero-order valence-electron chi connectivity index (χ0n) is 10.5. The molecule has 96 valence electrons. The molecule has 1 aliphatic rings. The van der Waals surface area contributed by atoms with Crippen LogP contribution in [0.25, 0.3) is 0 Å². The van der Waals surface area contributed by atoms with Gasteiger partial charge in [0, 0.05) is 13.0 Å². The van der Waals surface area contributed by atoms with E-state index in [-0.39, 0.29) is 0 Å². The van der Waals surface area contributed by atoms with Gasteiger partial charge in [-0.3, -0.25) is 0 Å². The van der Waals surface area contributed by atoms with Crippen molar-refractivity contribution in [1.29, 1.82) is 0 Å². The minimum atomic E-state index is 0.510. The summed E-state index contributed by atoms with van der Waals surface area (Å²) in [5, 5.41) is 16.5. The Labute approximate surface area is 105 Å². The molecular formula is C11H17N7. The summed E-state index contributed by atoms with van der Waals surface area (Å²) in [6.07, 6.45) is 4.24. The second kappa shape index (κ2) is 4.40. The number of anilines is 1. The van der Waals surface area contributed by atoms with Crippen molar-refractivity contribution in [2.24, 2.45) is 0 Å². The third-order valence-corrected chi connectivity index (χ3v) is 3.43. The maximum atomic E-state index is 5.78. The molecule has 0 fully saturated rings. The van der Waals surface area contributed by atoms with E-state index in [0.717, 1.165) is 36.7 Å². The summed E-state index contributed by atoms with van der Waals surface area (Å²) in [6.45, 7) is 3.65. The lowest BCUT2D eigenvalue weighted by Crippen LogP contribution is -2.16. The van der Waals surface area contributed by atoms with Gasteiger partial charge in [0.15, 0.2) is 11.6 Å². The van der Waals surface area contributed by atoms with Crippen molar-refractivity contribution in [2.75, 3.05) is 5.73 Å². The van der Waals surface area contributed by atoms with Crippen LogP contribution in [-0.4, -0.2) is 29.8 Å². The first-order valence-electron chi connectivity index (χ1n) is 6.38. The van der Waals surface area contributed by atoms with Gasteiger partial charge in [-0.05, 0) is 19.3 Å². The molecule has 7 nitrogen and oxygen atoms in total. The van der Waals surface area contributed by atoms with Crippen LogP contribution in [0.1, 0.15) is 37.1 Å². The number of nitrogens with zero attached hydrogens (tertiary/aromatic N) is 6. The van der Waals surface area contributed by atoms with Crippen LogP contribution >= 0.6 is 0 Å². The van der Waals surface area contributed by atoms with E-state index in [1.165, 1.54) is 12.8 Å². The number of rotatable bonds is 3. The van der Waals surface area contributed by atoms with Crippen molar-refractivity contribution in [3.05, 3.63) is 17.3 Å². The Balaban J connectivity index is 1.90. The van der Waals surface area contributed by atoms with Crippen molar-refractivity contribution in [3.63, 3.8) is 0 Å². The van der Waals surface area contributed by atoms with E-state index in [0.29, 0.717) is 12.4 Å². The predicted octanol–water partition coefficient (Wildman–Crippen LogP) is 0.399. The Morgan fingerprint density at radius 2 is 2.11 bits per heavy atom. The summed E-state index contributed by atoms with van der Waals surface area (Å²) >= 11 is 0. The van der Waals surface area contributed by atoms with Gasteiger partial charge in [0.25, 0.3) is 0 Å². The number of hydrogen-bond donors (Lipinski definition) is 1. The number of nitrogens with two attached hydrogens (primary N) is 1. The first kappa shape index (κ1) is 11.2. The average Bonchev–Trinajstić information content (AvgIpc) is 2.95. The van der Waals surface area contributed by atoms with E-state index in [1.807, 2.05) is 11.6 Å². The highest BCUT2D eigenvalue weighted by Crippen LogP contribution is 2.16. The summed E-state index contributed by atoms with van der Waals surface area (Å²) in [5.41, 5.74) is 6.74. The van der Waals surface area contributed by atoms with Crippen molar-refractivity contribution in [3.8, 4) is 0 Å². The molecule has 2 aromatic rings. The molecule has 0 amide bonds. The van der Waals surface area contributed by atoms with Gasteiger partial charge in [-0.25, -0.2) is 4.68 Å². The Bertz CT molecular complexity index is 554. The van der Waals surface area contributed by atoms with Gasteiger partial charge < -0.3 is 10.3 Å². The van der Waals surface area contributed by atoms with Gasteiger partial charge in [0.1, 0.15) is 12.4 Å². The first-order valence-corrected chi connectivity index (χ1v) is 6.38. The fourth-order valence-corrected chi connectivity index (χ4v) is 2.46. The van der Waals surface area contributed by atoms with Gasteiger partial charge in [-0.15, -0.1) is 15.3 Å². The zero-order chi connectivity index (χ0) is 12.5. The fourth-order valence-electron chi connectivity index (χ4n) is 2.46. The number of nitrogen functional groups attached to an aromatic ring is 1. The third kappa shape index (κ3) is 1.75. The smallest absolute Gasteiger partial charge is 0.169 e. The molecule has 0 bridgehead atoms. The van der Waals surface area contributed by atoms with E-state index in [4.69, 9.17) is 5.73 Å². The molecule has 0 atom stereocenters. The highest BCUT2D eigenvalue weighted by molar-refractivity contribution is 5.32. The molecule has 3 heterocycles. The summed E-state index contributed by atoms with van der Waals surface area (Å²) in [7, 11) is 0. The van der Waals surface area contributed by atoms with Gasteiger partial charge in [-0.2, -0.15) is 0 Å². The predicted molar refractivity (Wildman–Crippen MR) is 65.9 cm³/mol. The lowest BCUT2D eigenvalue weighted by atomic mass is 10.2. The summed E-state index contributed by atoms with van der Waals surface area (Å²) in [4.78, 5) is 0. The molecule has 2 aromatic heterocycles. The summed E-state index contributed by atoms with van der Waals surface area (Å²) < 4.78 is 4.02. The molecule has 0 spiro atoms. The number of fused-ring (bicyclic) bond motifs is 1. The molecule has 0 radical (unpaired) electrons. The van der Waals surface area contributed by atoms with Crippen LogP contribution in [0.2, 0.25) is 0 Å². The minimum Gasteiger partial charge on any atom is -0.381 e. The molecule has 1 aliphatic heterocycles. The maximum Gasteiger partial charge on any atom is 0.169 e. The molecule has 2 N–H and O–H groups in total. The van der Waals surface area contributed by atoms with E-state index in [1.54, 1.807) is 0 Å². The maximum absolute atomic E-state index is 5.78. The molecule has 18 heavy (non-hydrogen) atoms. The Morgan fingerprint density at radius 3 is 2.94 bits per heavy atom. The van der Waals surface area contributed by atoms with E-state index in [9.17, 15) is 0 Å². The van der Waals surface area contributed by atoms with E-state index >= 15 is 0 Å². The molecule has 7 heteroatoms. The van der Waals surface area contributed by atoms with Gasteiger partial charge in [-0.1, -0.05) is 12.1 Å². The quantitative estimate of drug-likeness (QED) is 0.848. The molecule has 0 unspecified atom stereocenters. The Kier molecular flexibility index (Phi) is 2.73. The molecule has 0 saturated carbocycles. The van der Waals surface area contributed by atoms with Gasteiger partial charge in [0.05, 0.1) is 5.69 Å². The number of hydrogen-bond acceptors (Lipinski definition) is 5. The molecular weight excluding hydrogens is 230 g/mol. The highest BCUT2D eigenvalue weighted by Gasteiger charge is 2.17. The van der Waals surface area contributed by atoms with Crippen LogP contribution in [0.3, 0.4) is 0 Å². The van der Waals surface area contributed by atoms with Crippen LogP contribution in [0.15, 0.2) is 0 Å². The first-order chi connectivity index (χ1) is 8.79. The molecule has 0 aliphatic carbocycles. The van der Waals surface area contributed by atoms with Crippen LogP contribution in [0, 0.1) is 0 Å². The van der Waals surface area contributed by atoms with Gasteiger partial charge >= 0.3 is 0 Å². The lowest BCUT2D eigenvalue weighted by Gasteiger charge is -2.14. The van der Waals surface area contributed by atoms with Crippen LogP contribution in [0.5, 0.6) is 0 Å². The SMILES string of the molecule is CCc1c(N)nnn1Cc1nnc2n1CCCC2. The van der Waals surface area contributed by atoms with Crippen molar-refractivity contribution in [2.45, 2.75) is 45.7 Å². The second-order valence-corrected chi connectivity index (χ2v) is 4.57. The second-order valence-electron chi connectivity index (χ2n) is 4.57. The van der Waals surface area contributed by atoms with E-state index < -0.39 is 0 Å². The summed E-state index contributed by atoms with van der Waals surface area (Å²) in [5.74, 6) is 2.54. The van der Waals surface area contributed by atoms with Crippen molar-refractivity contribution >= 4 is 5.82 Å². The standard InChI is InChI=1S/C11H17N7/c1-2-8-11(12)15-16-18(8)7-10-14-13-9-5-3-4-6-17(9)10/h2-7,12H2,1H3. The zero-order valence-corrected chi connectivity index (χ0v) is 10.5. The summed E-state index contributed by atoms with van der Waals surface area (Å²) in [6, 6.07) is 0. The van der Waals surface area contributed by atoms with E-state index in [2.05, 4.69) is 25.1 Å².